The number of aryl methyl sites for hydroxylation is 1. The van der Waals surface area contributed by atoms with Gasteiger partial charge in [-0.3, -0.25) is 9.36 Å². The number of hydrogen-bond donors (Lipinski definition) is 1. The molecule has 0 atom stereocenters. The van der Waals surface area contributed by atoms with Crippen LogP contribution in [-0.4, -0.2) is 64.2 Å². The predicted molar refractivity (Wildman–Crippen MR) is 147 cm³/mol. The molecule has 2 aromatic heterocycles. The lowest BCUT2D eigenvalue weighted by Gasteiger charge is -2.38. The molecule has 0 radical (unpaired) electrons. The number of carbonyl (C=O) groups is 1. The Bertz CT molecular complexity index is 1420. The van der Waals surface area contributed by atoms with Crippen molar-refractivity contribution in [3.05, 3.63) is 41.3 Å². The lowest BCUT2D eigenvalue weighted by atomic mass is 9.95. The van der Waals surface area contributed by atoms with Crippen LogP contribution in [0.3, 0.4) is 0 Å². The van der Waals surface area contributed by atoms with Crippen LogP contribution >= 0.6 is 0 Å². The van der Waals surface area contributed by atoms with Crippen LogP contribution in [0.25, 0.3) is 11.1 Å². The van der Waals surface area contributed by atoms with Crippen molar-refractivity contribution in [1.82, 2.24) is 29.8 Å². The van der Waals surface area contributed by atoms with Crippen molar-refractivity contribution in [2.45, 2.75) is 57.3 Å². The van der Waals surface area contributed by atoms with Crippen LogP contribution in [0.1, 0.15) is 55.0 Å². The van der Waals surface area contributed by atoms with E-state index in [1.807, 2.05) is 16.8 Å². The lowest BCUT2D eigenvalue weighted by Crippen LogP contribution is -2.42. The largest absolute Gasteiger partial charge is 0.417 e. The Hall–Kier alpha value is -3.70. The molecule has 1 aliphatic carbocycles. The van der Waals surface area contributed by atoms with Crippen LogP contribution in [-0.2, 0) is 26.2 Å². The van der Waals surface area contributed by atoms with Crippen LogP contribution in [0.5, 0.6) is 0 Å². The smallest absolute Gasteiger partial charge is 0.371 e. The van der Waals surface area contributed by atoms with E-state index in [1.165, 1.54) is 23.4 Å². The number of hydrogen-bond acceptors (Lipinski definition) is 5. The first-order valence-corrected chi connectivity index (χ1v) is 14.0. The average Bonchev–Trinajstić information content (AvgIpc) is 3.55. The molecule has 6 rings (SSSR count). The molecule has 4 heterocycles. The highest BCUT2D eigenvalue weighted by molar-refractivity contribution is 5.86. The summed E-state index contributed by atoms with van der Waals surface area (Å²) in [6.07, 6.45) is 4.75. The first-order chi connectivity index (χ1) is 19.2. The number of nitrogens with one attached hydrogen (secondary N) is 1. The molecule has 0 spiro atoms. The molecule has 0 bridgehead atoms. The predicted octanol–water partition coefficient (Wildman–Crippen LogP) is 5.09. The minimum absolute atomic E-state index is 0.105. The summed E-state index contributed by atoms with van der Waals surface area (Å²) in [5.41, 5.74) is 3.04. The Morgan fingerprint density at radius 2 is 1.82 bits per heavy atom. The summed E-state index contributed by atoms with van der Waals surface area (Å²) < 4.78 is 47.2. The van der Waals surface area contributed by atoms with Crippen LogP contribution in [0, 0.1) is 0 Å². The van der Waals surface area contributed by atoms with Crippen molar-refractivity contribution < 1.29 is 18.0 Å². The molecule has 214 valence electrons. The number of aromatic nitrogens is 4. The molecule has 1 aromatic carbocycles. The van der Waals surface area contributed by atoms with Crippen molar-refractivity contribution in [1.29, 1.82) is 0 Å². The summed E-state index contributed by atoms with van der Waals surface area (Å²) in [7, 11) is 5.20. The SMILES string of the molecule is CNC(=O)N1CCc2c(c(N3CCN(C)c4cc(-c5cnn(C)c5)c(C(F)(F)F)cc43)nn2C2CCCCC2)C1. The van der Waals surface area contributed by atoms with Gasteiger partial charge in [-0.25, -0.2) is 4.79 Å². The number of alkyl halides is 3. The summed E-state index contributed by atoms with van der Waals surface area (Å²) in [6.45, 7) is 2.06. The molecule has 12 heteroatoms. The number of fused-ring (bicyclic) bond motifs is 2. The van der Waals surface area contributed by atoms with Gasteiger partial charge < -0.3 is 20.0 Å². The molecule has 0 saturated heterocycles. The van der Waals surface area contributed by atoms with E-state index in [1.54, 1.807) is 31.3 Å². The molecule has 1 fully saturated rings. The summed E-state index contributed by atoms with van der Waals surface area (Å²) in [5, 5.41) is 11.9. The van der Waals surface area contributed by atoms with Crippen molar-refractivity contribution in [3.8, 4) is 11.1 Å². The van der Waals surface area contributed by atoms with Crippen molar-refractivity contribution in [3.63, 3.8) is 0 Å². The lowest BCUT2D eigenvalue weighted by molar-refractivity contribution is -0.137. The van der Waals surface area contributed by atoms with E-state index in [2.05, 4.69) is 15.1 Å². The van der Waals surface area contributed by atoms with E-state index in [0.717, 1.165) is 36.9 Å². The minimum atomic E-state index is -4.56. The van der Waals surface area contributed by atoms with E-state index in [9.17, 15) is 18.0 Å². The summed E-state index contributed by atoms with van der Waals surface area (Å²) in [6, 6.07) is 3.00. The highest BCUT2D eigenvalue weighted by atomic mass is 19.4. The van der Waals surface area contributed by atoms with Gasteiger partial charge in [0.1, 0.15) is 0 Å². The van der Waals surface area contributed by atoms with E-state index in [4.69, 9.17) is 5.10 Å². The molecule has 1 saturated carbocycles. The Kier molecular flexibility index (Phi) is 6.66. The monoisotopic (exact) mass is 556 g/mol. The minimum Gasteiger partial charge on any atom is -0.371 e. The molecule has 40 heavy (non-hydrogen) atoms. The van der Waals surface area contributed by atoms with Gasteiger partial charge in [-0.2, -0.15) is 23.4 Å². The summed E-state index contributed by atoms with van der Waals surface area (Å²) >= 11 is 0. The quantitative estimate of drug-likeness (QED) is 0.487. The third kappa shape index (κ3) is 4.56. The van der Waals surface area contributed by atoms with Gasteiger partial charge in [0.2, 0.25) is 0 Å². The number of amides is 2. The topological polar surface area (TPSA) is 74.5 Å². The first-order valence-electron chi connectivity index (χ1n) is 14.0. The number of nitrogens with zero attached hydrogens (tertiary/aromatic N) is 7. The van der Waals surface area contributed by atoms with Gasteiger partial charge >= 0.3 is 12.2 Å². The summed E-state index contributed by atoms with van der Waals surface area (Å²) in [4.78, 5) is 18.3. The first kappa shape index (κ1) is 26.5. The number of anilines is 3. The second-order valence-corrected chi connectivity index (χ2v) is 11.1. The molecule has 3 aromatic rings. The normalized spacial score (nSPS) is 18.1. The highest BCUT2D eigenvalue weighted by Gasteiger charge is 2.39. The average molecular weight is 557 g/mol. The molecule has 2 aliphatic heterocycles. The zero-order valence-electron chi connectivity index (χ0n) is 23.1. The van der Waals surface area contributed by atoms with Crippen molar-refractivity contribution in [2.75, 3.05) is 43.5 Å². The van der Waals surface area contributed by atoms with Gasteiger partial charge in [0.25, 0.3) is 0 Å². The highest BCUT2D eigenvalue weighted by Crippen LogP contribution is 2.47. The number of carbonyl (C=O) groups excluding carboxylic acids is 1. The van der Waals surface area contributed by atoms with Crippen LogP contribution in [0.4, 0.5) is 35.2 Å². The Morgan fingerprint density at radius 1 is 1.05 bits per heavy atom. The number of halogens is 3. The Labute approximate surface area is 231 Å². The molecular formula is C28H35F3N8O. The maximum atomic E-state index is 14.5. The third-order valence-corrected chi connectivity index (χ3v) is 8.54. The number of likely N-dealkylation sites (N-methyl/N-ethyl adjacent to an activating group) is 1. The van der Waals surface area contributed by atoms with Crippen LogP contribution < -0.4 is 15.1 Å². The van der Waals surface area contributed by atoms with Gasteiger partial charge in [-0.1, -0.05) is 19.3 Å². The fraction of sp³-hybridized carbons (Fsp3) is 0.536. The van der Waals surface area contributed by atoms with E-state index >= 15 is 0 Å². The third-order valence-electron chi connectivity index (χ3n) is 8.54. The van der Waals surface area contributed by atoms with E-state index in [0.29, 0.717) is 55.4 Å². The molecular weight excluding hydrogens is 521 g/mol. The number of urea groups is 1. The van der Waals surface area contributed by atoms with Gasteiger partial charge in [-0.15, -0.1) is 0 Å². The standard InChI is InChI=1S/C28H35F3N8O/c1-32-27(40)37-10-9-23-21(17-37)26(34-39(23)19-7-5-4-6-8-19)38-12-11-35(2)24-13-20(18-15-33-36(3)16-18)22(14-25(24)38)28(29,30)31/h13-16,19H,4-12,17H2,1-3H3,(H,32,40). The fourth-order valence-electron chi connectivity index (χ4n) is 6.45. The van der Waals surface area contributed by atoms with E-state index < -0.39 is 11.7 Å². The maximum absolute atomic E-state index is 14.5. The molecule has 2 amide bonds. The maximum Gasteiger partial charge on any atom is 0.417 e. The molecule has 3 aliphatic rings. The second kappa shape index (κ2) is 10.0. The second-order valence-electron chi connectivity index (χ2n) is 11.1. The number of benzene rings is 1. The van der Waals surface area contributed by atoms with E-state index in [-0.39, 0.29) is 17.6 Å². The van der Waals surface area contributed by atoms with Crippen molar-refractivity contribution >= 4 is 23.2 Å². The van der Waals surface area contributed by atoms with Crippen molar-refractivity contribution in [2.24, 2.45) is 7.05 Å². The summed E-state index contributed by atoms with van der Waals surface area (Å²) in [5.74, 6) is 0.658. The van der Waals surface area contributed by atoms with Gasteiger partial charge in [0.05, 0.1) is 35.7 Å². The van der Waals surface area contributed by atoms with Gasteiger partial charge in [-0.05, 0) is 30.5 Å². The Balaban J connectivity index is 1.50. The van der Waals surface area contributed by atoms with Gasteiger partial charge in [0, 0.05) is 70.2 Å². The molecule has 9 nitrogen and oxygen atoms in total. The number of rotatable bonds is 3. The fourth-order valence-corrected chi connectivity index (χ4v) is 6.45. The molecule has 0 unspecified atom stereocenters. The zero-order valence-corrected chi connectivity index (χ0v) is 23.1. The van der Waals surface area contributed by atoms with Crippen LogP contribution in [0.2, 0.25) is 0 Å². The molecule has 1 N–H and O–H groups in total. The zero-order chi connectivity index (χ0) is 28.2. The Morgan fingerprint density at radius 3 is 2.50 bits per heavy atom. The van der Waals surface area contributed by atoms with Gasteiger partial charge in [0.15, 0.2) is 5.82 Å². The van der Waals surface area contributed by atoms with Crippen LogP contribution in [0.15, 0.2) is 24.5 Å².